The molecule has 0 aromatic carbocycles. The number of carbonyl (C=O) groups is 1. The number of likely N-dealkylation sites (tertiary alicyclic amines) is 2. The van der Waals surface area contributed by atoms with E-state index in [2.05, 4.69) is 9.88 Å². The highest BCUT2D eigenvalue weighted by atomic mass is 19.4. The number of hydrogen-bond acceptors (Lipinski definition) is 3. The molecule has 2 aliphatic heterocycles. The standard InChI is InChI=1S/C19H26F3N3O/c20-19(21,22)8-4-12-24-11-3-7-18(14-24)9-6-17(26)25(15-18)13-16-5-1-2-10-23-16/h1-2,5,10H,3-4,6-9,11-15H2. The molecule has 1 atom stereocenters. The molecule has 1 aromatic heterocycles. The quantitative estimate of drug-likeness (QED) is 0.795. The van der Waals surface area contributed by atoms with Crippen molar-refractivity contribution in [2.45, 2.75) is 51.2 Å². The van der Waals surface area contributed by atoms with Crippen molar-refractivity contribution < 1.29 is 18.0 Å². The van der Waals surface area contributed by atoms with Crippen molar-refractivity contribution >= 4 is 5.91 Å². The van der Waals surface area contributed by atoms with Crippen LogP contribution in [-0.2, 0) is 11.3 Å². The summed E-state index contributed by atoms with van der Waals surface area (Å²) in [5, 5.41) is 0. The van der Waals surface area contributed by atoms with Crippen molar-refractivity contribution in [2.75, 3.05) is 26.2 Å². The Morgan fingerprint density at radius 2 is 2.04 bits per heavy atom. The highest BCUT2D eigenvalue weighted by Crippen LogP contribution is 2.39. The van der Waals surface area contributed by atoms with Gasteiger partial charge < -0.3 is 9.80 Å². The van der Waals surface area contributed by atoms with E-state index in [1.54, 1.807) is 6.20 Å². The lowest BCUT2D eigenvalue weighted by Crippen LogP contribution is -2.53. The van der Waals surface area contributed by atoms with Crippen molar-refractivity contribution in [3.8, 4) is 0 Å². The van der Waals surface area contributed by atoms with Gasteiger partial charge in [-0.1, -0.05) is 6.07 Å². The molecule has 0 saturated carbocycles. The molecule has 144 valence electrons. The number of halogens is 3. The van der Waals surface area contributed by atoms with Gasteiger partial charge in [-0.15, -0.1) is 0 Å². The van der Waals surface area contributed by atoms with Gasteiger partial charge in [-0.3, -0.25) is 9.78 Å². The van der Waals surface area contributed by atoms with Crippen LogP contribution in [0.25, 0.3) is 0 Å². The van der Waals surface area contributed by atoms with Crippen LogP contribution in [0.3, 0.4) is 0 Å². The molecule has 0 radical (unpaired) electrons. The molecule has 0 aliphatic carbocycles. The molecule has 1 unspecified atom stereocenters. The Morgan fingerprint density at radius 1 is 1.19 bits per heavy atom. The van der Waals surface area contributed by atoms with Crippen LogP contribution in [0.5, 0.6) is 0 Å². The fourth-order valence-corrected chi connectivity index (χ4v) is 4.27. The molecule has 2 saturated heterocycles. The molecule has 2 aliphatic rings. The minimum atomic E-state index is -4.08. The molecule has 0 N–H and O–H groups in total. The summed E-state index contributed by atoms with van der Waals surface area (Å²) >= 11 is 0. The molecule has 26 heavy (non-hydrogen) atoms. The van der Waals surface area contributed by atoms with E-state index < -0.39 is 12.6 Å². The van der Waals surface area contributed by atoms with Crippen molar-refractivity contribution in [2.24, 2.45) is 5.41 Å². The van der Waals surface area contributed by atoms with E-state index in [9.17, 15) is 18.0 Å². The minimum absolute atomic E-state index is 0.0131. The van der Waals surface area contributed by atoms with E-state index in [0.717, 1.165) is 38.0 Å². The first kappa shape index (κ1) is 19.1. The van der Waals surface area contributed by atoms with Gasteiger partial charge in [0.15, 0.2) is 0 Å². The second kappa shape index (κ2) is 7.94. The van der Waals surface area contributed by atoms with Gasteiger partial charge in [0.25, 0.3) is 0 Å². The maximum atomic E-state index is 12.4. The average Bonchev–Trinajstić information content (AvgIpc) is 2.59. The van der Waals surface area contributed by atoms with Gasteiger partial charge in [-0.05, 0) is 50.9 Å². The fraction of sp³-hybridized carbons (Fsp3) is 0.684. The maximum absolute atomic E-state index is 12.4. The van der Waals surface area contributed by atoms with Gasteiger partial charge in [-0.25, -0.2) is 0 Å². The predicted molar refractivity (Wildman–Crippen MR) is 92.3 cm³/mol. The Morgan fingerprint density at radius 3 is 2.77 bits per heavy atom. The summed E-state index contributed by atoms with van der Waals surface area (Å²) in [5.74, 6) is 0.149. The third-order valence-electron chi connectivity index (χ3n) is 5.50. The molecular formula is C19H26F3N3O. The zero-order valence-corrected chi connectivity index (χ0v) is 15.0. The Bertz CT molecular complexity index is 608. The molecule has 0 bridgehead atoms. The third-order valence-corrected chi connectivity index (χ3v) is 5.50. The largest absolute Gasteiger partial charge is 0.389 e. The third kappa shape index (κ3) is 5.19. The Labute approximate surface area is 152 Å². The second-order valence-corrected chi connectivity index (χ2v) is 7.67. The first-order chi connectivity index (χ1) is 12.4. The van der Waals surface area contributed by atoms with Crippen LogP contribution in [-0.4, -0.2) is 53.0 Å². The SMILES string of the molecule is O=C1CCC2(CCCN(CCCC(F)(F)F)C2)CN1Cc1ccccn1. The molecule has 7 heteroatoms. The number of amides is 1. The average molecular weight is 369 g/mol. The molecule has 1 spiro atoms. The molecule has 1 amide bonds. The van der Waals surface area contributed by atoms with E-state index in [1.165, 1.54) is 0 Å². The van der Waals surface area contributed by atoms with E-state index in [1.807, 2.05) is 23.1 Å². The van der Waals surface area contributed by atoms with E-state index in [4.69, 9.17) is 0 Å². The number of alkyl halides is 3. The summed E-state index contributed by atoms with van der Waals surface area (Å²) in [6.07, 6.45) is 0.444. The fourth-order valence-electron chi connectivity index (χ4n) is 4.27. The summed E-state index contributed by atoms with van der Waals surface area (Å²) in [6.45, 7) is 3.31. The minimum Gasteiger partial charge on any atom is -0.336 e. The van der Waals surface area contributed by atoms with Crippen LogP contribution in [0, 0.1) is 5.41 Å². The van der Waals surface area contributed by atoms with Crippen LogP contribution >= 0.6 is 0 Å². The Kier molecular flexibility index (Phi) is 5.85. The van der Waals surface area contributed by atoms with Gasteiger partial charge in [0.1, 0.15) is 0 Å². The van der Waals surface area contributed by atoms with Gasteiger partial charge in [-0.2, -0.15) is 13.2 Å². The number of pyridine rings is 1. The maximum Gasteiger partial charge on any atom is 0.389 e. The predicted octanol–water partition coefficient (Wildman–Crippen LogP) is 3.63. The van der Waals surface area contributed by atoms with Crippen LogP contribution in [0.4, 0.5) is 13.2 Å². The van der Waals surface area contributed by atoms with Crippen molar-refractivity contribution in [3.05, 3.63) is 30.1 Å². The topological polar surface area (TPSA) is 36.4 Å². The first-order valence-corrected chi connectivity index (χ1v) is 9.32. The van der Waals surface area contributed by atoms with Gasteiger partial charge in [0, 0.05) is 37.5 Å². The summed E-state index contributed by atoms with van der Waals surface area (Å²) in [5.41, 5.74) is 0.884. The summed E-state index contributed by atoms with van der Waals surface area (Å²) in [7, 11) is 0. The highest BCUT2D eigenvalue weighted by Gasteiger charge is 2.41. The lowest BCUT2D eigenvalue weighted by Gasteiger charge is -2.48. The zero-order valence-electron chi connectivity index (χ0n) is 15.0. The van der Waals surface area contributed by atoms with Gasteiger partial charge >= 0.3 is 6.18 Å². The van der Waals surface area contributed by atoms with E-state index >= 15 is 0 Å². The van der Waals surface area contributed by atoms with E-state index in [-0.39, 0.29) is 17.7 Å². The van der Waals surface area contributed by atoms with E-state index in [0.29, 0.717) is 26.1 Å². The summed E-state index contributed by atoms with van der Waals surface area (Å²) in [4.78, 5) is 20.7. The number of rotatable bonds is 5. The first-order valence-electron chi connectivity index (χ1n) is 9.32. The summed E-state index contributed by atoms with van der Waals surface area (Å²) < 4.78 is 37.2. The molecule has 3 rings (SSSR count). The van der Waals surface area contributed by atoms with Gasteiger partial charge in [0.05, 0.1) is 12.2 Å². The lowest BCUT2D eigenvalue weighted by atomic mass is 9.73. The van der Waals surface area contributed by atoms with Crippen molar-refractivity contribution in [1.29, 1.82) is 0 Å². The van der Waals surface area contributed by atoms with Crippen LogP contribution < -0.4 is 0 Å². The van der Waals surface area contributed by atoms with Crippen molar-refractivity contribution in [1.82, 2.24) is 14.8 Å². The van der Waals surface area contributed by atoms with Gasteiger partial charge in [0.2, 0.25) is 5.91 Å². The number of carbonyl (C=O) groups excluding carboxylic acids is 1. The molecule has 4 nitrogen and oxygen atoms in total. The zero-order chi connectivity index (χ0) is 18.6. The number of aromatic nitrogens is 1. The smallest absolute Gasteiger partial charge is 0.336 e. The molecular weight excluding hydrogens is 343 g/mol. The van der Waals surface area contributed by atoms with Crippen molar-refractivity contribution in [3.63, 3.8) is 0 Å². The number of piperidine rings is 2. The van der Waals surface area contributed by atoms with Crippen LogP contribution in [0.15, 0.2) is 24.4 Å². The lowest BCUT2D eigenvalue weighted by molar-refractivity contribution is -0.142. The molecule has 1 aromatic rings. The number of nitrogens with zero attached hydrogens (tertiary/aromatic N) is 3. The molecule has 2 fully saturated rings. The van der Waals surface area contributed by atoms with Crippen LogP contribution in [0.2, 0.25) is 0 Å². The normalized spacial score (nSPS) is 25.0. The Balaban J connectivity index is 1.58. The highest BCUT2D eigenvalue weighted by molar-refractivity contribution is 5.77. The Hall–Kier alpha value is -1.63. The summed E-state index contributed by atoms with van der Waals surface area (Å²) in [6, 6.07) is 5.68. The van der Waals surface area contributed by atoms with Crippen LogP contribution in [0.1, 0.15) is 44.2 Å². The second-order valence-electron chi connectivity index (χ2n) is 7.67. The molecule has 3 heterocycles. The number of hydrogen-bond donors (Lipinski definition) is 0. The monoisotopic (exact) mass is 369 g/mol.